The van der Waals surface area contributed by atoms with Crippen LogP contribution >= 0.6 is 23.4 Å². The van der Waals surface area contributed by atoms with Gasteiger partial charge in [-0.15, -0.1) is 11.8 Å². The average Bonchev–Trinajstić information content (AvgIpc) is 2.56. The van der Waals surface area contributed by atoms with Crippen LogP contribution in [0.5, 0.6) is 5.75 Å². The van der Waals surface area contributed by atoms with Gasteiger partial charge in [0, 0.05) is 10.8 Å². The van der Waals surface area contributed by atoms with Crippen molar-refractivity contribution in [2.45, 2.75) is 6.10 Å². The maximum absolute atomic E-state index is 12.0. The average molecular weight is 352 g/mol. The zero-order valence-corrected chi connectivity index (χ0v) is 14.2. The first-order chi connectivity index (χ1) is 11.1. The molecule has 1 amide bonds. The highest BCUT2D eigenvalue weighted by Crippen LogP contribution is 2.28. The number of aliphatic hydroxyl groups is 1. The normalized spacial score (nSPS) is 11.8. The van der Waals surface area contributed by atoms with Crippen LogP contribution in [-0.4, -0.2) is 29.6 Å². The fourth-order valence-electron chi connectivity index (χ4n) is 2.00. The maximum atomic E-state index is 12.0. The zero-order chi connectivity index (χ0) is 16.7. The second-order valence-corrected chi connectivity index (χ2v) is 6.30. The molecular weight excluding hydrogens is 334 g/mol. The number of nitrogens with one attached hydrogen (secondary N) is 1. The minimum absolute atomic E-state index is 0.171. The van der Waals surface area contributed by atoms with Gasteiger partial charge < -0.3 is 15.2 Å². The molecule has 0 spiro atoms. The number of anilines is 1. The molecule has 0 aliphatic rings. The molecule has 4 nitrogen and oxygen atoms in total. The molecule has 6 heteroatoms. The van der Waals surface area contributed by atoms with E-state index >= 15 is 0 Å². The molecule has 0 aromatic heterocycles. The number of methoxy groups -OCH3 is 1. The predicted molar refractivity (Wildman–Crippen MR) is 95.4 cm³/mol. The van der Waals surface area contributed by atoms with Crippen LogP contribution in [0, 0.1) is 0 Å². The molecule has 0 saturated carbocycles. The Balaban J connectivity index is 1.83. The van der Waals surface area contributed by atoms with E-state index in [-0.39, 0.29) is 11.7 Å². The minimum atomic E-state index is -0.588. The third-order valence-electron chi connectivity index (χ3n) is 3.13. The summed E-state index contributed by atoms with van der Waals surface area (Å²) in [7, 11) is 1.53. The molecule has 0 aliphatic heterocycles. The summed E-state index contributed by atoms with van der Waals surface area (Å²) in [4.78, 5) is 12.0. The molecule has 0 heterocycles. The van der Waals surface area contributed by atoms with Crippen LogP contribution in [0.3, 0.4) is 0 Å². The first-order valence-electron chi connectivity index (χ1n) is 7.04. The molecule has 1 atom stereocenters. The maximum Gasteiger partial charge on any atom is 0.234 e. The largest absolute Gasteiger partial charge is 0.495 e. The number of rotatable bonds is 7. The molecule has 0 bridgehead atoms. The zero-order valence-electron chi connectivity index (χ0n) is 12.7. The van der Waals surface area contributed by atoms with Crippen molar-refractivity contribution in [2.24, 2.45) is 0 Å². The van der Waals surface area contributed by atoms with Crippen molar-refractivity contribution in [1.82, 2.24) is 0 Å². The molecule has 0 saturated heterocycles. The fraction of sp³-hybridized carbons (Fsp3) is 0.235. The Bertz CT molecular complexity index is 652. The molecule has 1 unspecified atom stereocenters. The van der Waals surface area contributed by atoms with Crippen LogP contribution in [0.4, 0.5) is 5.69 Å². The second-order valence-electron chi connectivity index (χ2n) is 4.83. The lowest BCUT2D eigenvalue weighted by Gasteiger charge is -2.12. The summed E-state index contributed by atoms with van der Waals surface area (Å²) < 4.78 is 5.18. The SMILES string of the molecule is COc1ccc(Cl)cc1NC(=O)CSCC(O)c1ccccc1. The van der Waals surface area contributed by atoms with E-state index in [2.05, 4.69) is 5.32 Å². The highest BCUT2D eigenvalue weighted by Gasteiger charge is 2.11. The van der Waals surface area contributed by atoms with Gasteiger partial charge in [0.1, 0.15) is 5.75 Å². The van der Waals surface area contributed by atoms with E-state index in [9.17, 15) is 9.90 Å². The van der Waals surface area contributed by atoms with E-state index in [0.29, 0.717) is 22.2 Å². The van der Waals surface area contributed by atoms with Gasteiger partial charge in [0.25, 0.3) is 0 Å². The van der Waals surface area contributed by atoms with E-state index in [1.54, 1.807) is 18.2 Å². The number of carbonyl (C=O) groups is 1. The predicted octanol–water partition coefficient (Wildman–Crippen LogP) is 3.75. The Morgan fingerprint density at radius 2 is 2.04 bits per heavy atom. The first-order valence-corrected chi connectivity index (χ1v) is 8.57. The molecular formula is C17H18ClNO3S. The summed E-state index contributed by atoms with van der Waals surface area (Å²) in [6.45, 7) is 0. The van der Waals surface area contributed by atoms with E-state index in [4.69, 9.17) is 16.3 Å². The highest BCUT2D eigenvalue weighted by molar-refractivity contribution is 7.99. The van der Waals surface area contributed by atoms with E-state index in [0.717, 1.165) is 5.56 Å². The lowest BCUT2D eigenvalue weighted by atomic mass is 10.1. The molecule has 0 radical (unpaired) electrons. The van der Waals surface area contributed by atoms with Crippen LogP contribution < -0.4 is 10.1 Å². The van der Waals surface area contributed by atoms with E-state index < -0.39 is 6.10 Å². The molecule has 2 rings (SSSR count). The standard InChI is InChI=1S/C17H18ClNO3S/c1-22-16-8-7-13(18)9-14(16)19-17(21)11-23-10-15(20)12-5-3-2-4-6-12/h2-9,15,20H,10-11H2,1H3,(H,19,21). The number of carbonyl (C=O) groups excluding carboxylic acids is 1. The van der Waals surface area contributed by atoms with Crippen molar-refractivity contribution in [3.05, 3.63) is 59.1 Å². The monoisotopic (exact) mass is 351 g/mol. The number of halogens is 1. The van der Waals surface area contributed by atoms with Crippen molar-refractivity contribution >= 4 is 35.0 Å². The minimum Gasteiger partial charge on any atom is -0.495 e. The van der Waals surface area contributed by atoms with Gasteiger partial charge >= 0.3 is 0 Å². The first kappa shape index (κ1) is 17.7. The van der Waals surface area contributed by atoms with Crippen LogP contribution in [0.2, 0.25) is 5.02 Å². The van der Waals surface area contributed by atoms with Crippen molar-refractivity contribution in [3.8, 4) is 5.75 Å². The number of amides is 1. The Labute approximate surface area is 144 Å². The second kappa shape index (κ2) is 8.82. The van der Waals surface area contributed by atoms with Crippen LogP contribution in [0.15, 0.2) is 48.5 Å². The Morgan fingerprint density at radius 3 is 2.74 bits per heavy atom. The summed E-state index contributed by atoms with van der Waals surface area (Å²) in [5, 5.41) is 13.3. The molecule has 23 heavy (non-hydrogen) atoms. The van der Waals surface area contributed by atoms with Gasteiger partial charge in [0.2, 0.25) is 5.91 Å². The van der Waals surface area contributed by atoms with E-state index in [1.165, 1.54) is 18.9 Å². The van der Waals surface area contributed by atoms with Crippen LogP contribution in [0.25, 0.3) is 0 Å². The van der Waals surface area contributed by atoms with Gasteiger partial charge in [-0.3, -0.25) is 4.79 Å². The summed E-state index contributed by atoms with van der Waals surface area (Å²) >= 11 is 7.29. The highest BCUT2D eigenvalue weighted by atomic mass is 35.5. The molecule has 2 aromatic carbocycles. The van der Waals surface area contributed by atoms with Gasteiger partial charge in [0.05, 0.1) is 24.7 Å². The van der Waals surface area contributed by atoms with Gasteiger partial charge in [-0.25, -0.2) is 0 Å². The number of hydrogen-bond acceptors (Lipinski definition) is 4. The number of ether oxygens (including phenoxy) is 1. The molecule has 2 N–H and O–H groups in total. The van der Waals surface area contributed by atoms with Crippen molar-refractivity contribution < 1.29 is 14.6 Å². The summed E-state index contributed by atoms with van der Waals surface area (Å²) in [5.74, 6) is 1.07. The van der Waals surface area contributed by atoms with Crippen molar-refractivity contribution in [2.75, 3.05) is 23.9 Å². The van der Waals surface area contributed by atoms with E-state index in [1.807, 2.05) is 30.3 Å². The third kappa shape index (κ3) is 5.46. The number of hydrogen-bond donors (Lipinski definition) is 2. The molecule has 0 fully saturated rings. The Morgan fingerprint density at radius 1 is 1.30 bits per heavy atom. The topological polar surface area (TPSA) is 58.6 Å². The summed E-state index contributed by atoms with van der Waals surface area (Å²) in [6.07, 6.45) is -0.588. The number of thioether (sulfide) groups is 1. The summed E-state index contributed by atoms with van der Waals surface area (Å²) in [5.41, 5.74) is 1.38. The smallest absolute Gasteiger partial charge is 0.234 e. The fourth-order valence-corrected chi connectivity index (χ4v) is 2.96. The number of benzene rings is 2. The van der Waals surface area contributed by atoms with Crippen molar-refractivity contribution in [1.29, 1.82) is 0 Å². The summed E-state index contributed by atoms with van der Waals surface area (Å²) in [6, 6.07) is 14.4. The van der Waals surface area contributed by atoms with Gasteiger partial charge in [0.15, 0.2) is 0 Å². The quantitative estimate of drug-likeness (QED) is 0.797. The lowest BCUT2D eigenvalue weighted by molar-refractivity contribution is -0.113. The molecule has 122 valence electrons. The van der Waals surface area contributed by atoms with Gasteiger partial charge in [-0.2, -0.15) is 0 Å². The lowest BCUT2D eigenvalue weighted by Crippen LogP contribution is -2.15. The van der Waals surface area contributed by atoms with Crippen LogP contribution in [0.1, 0.15) is 11.7 Å². The van der Waals surface area contributed by atoms with Crippen LogP contribution in [-0.2, 0) is 4.79 Å². The third-order valence-corrected chi connectivity index (χ3v) is 4.38. The Kier molecular flexibility index (Phi) is 6.77. The van der Waals surface area contributed by atoms with Gasteiger partial charge in [-0.05, 0) is 23.8 Å². The number of aliphatic hydroxyl groups excluding tert-OH is 1. The Hall–Kier alpha value is -1.69. The van der Waals surface area contributed by atoms with Crippen molar-refractivity contribution in [3.63, 3.8) is 0 Å². The van der Waals surface area contributed by atoms with Gasteiger partial charge in [-0.1, -0.05) is 41.9 Å². The molecule has 0 aliphatic carbocycles. The molecule has 2 aromatic rings.